The van der Waals surface area contributed by atoms with Crippen LogP contribution in [0.5, 0.6) is 0 Å². The van der Waals surface area contributed by atoms with Gasteiger partial charge in [0.25, 0.3) is 0 Å². The minimum Gasteiger partial charge on any atom is -0.385 e. The zero-order chi connectivity index (χ0) is 13.9. The van der Waals surface area contributed by atoms with E-state index in [1.807, 2.05) is 24.3 Å². The summed E-state index contributed by atoms with van der Waals surface area (Å²) < 4.78 is 4.90. The largest absolute Gasteiger partial charge is 0.385 e. The van der Waals surface area contributed by atoms with Gasteiger partial charge in [-0.2, -0.15) is 0 Å². The number of aliphatic hydroxyl groups is 1. The van der Waals surface area contributed by atoms with E-state index in [0.717, 1.165) is 11.1 Å². The molecule has 0 aliphatic heterocycles. The van der Waals surface area contributed by atoms with Crippen LogP contribution in [0.15, 0.2) is 24.3 Å². The van der Waals surface area contributed by atoms with Crippen LogP contribution >= 0.6 is 0 Å². The highest BCUT2D eigenvalue weighted by Crippen LogP contribution is 2.07. The third-order valence-electron chi connectivity index (χ3n) is 2.55. The van der Waals surface area contributed by atoms with Gasteiger partial charge < -0.3 is 15.2 Å². The van der Waals surface area contributed by atoms with Crippen molar-refractivity contribution in [1.82, 2.24) is 5.32 Å². The Kier molecular flexibility index (Phi) is 7.33. The number of ether oxygens (including phenoxy) is 1. The molecule has 4 heteroatoms. The first-order valence-corrected chi connectivity index (χ1v) is 6.21. The summed E-state index contributed by atoms with van der Waals surface area (Å²) in [6, 6.07) is 7.56. The van der Waals surface area contributed by atoms with Crippen LogP contribution < -0.4 is 5.32 Å². The van der Waals surface area contributed by atoms with E-state index in [4.69, 9.17) is 9.84 Å². The lowest BCUT2D eigenvalue weighted by Crippen LogP contribution is -2.23. The predicted octanol–water partition coefficient (Wildman–Crippen LogP) is 1.07. The first-order chi connectivity index (χ1) is 9.27. The maximum Gasteiger partial charge on any atom is 0.220 e. The minimum absolute atomic E-state index is 0.00182. The summed E-state index contributed by atoms with van der Waals surface area (Å²) in [5.74, 6) is 5.48. The molecule has 0 aliphatic rings. The number of rotatable bonds is 6. The maximum atomic E-state index is 11.6. The number of nitrogens with one attached hydrogen (secondary N) is 1. The number of hydrogen-bond acceptors (Lipinski definition) is 3. The summed E-state index contributed by atoms with van der Waals surface area (Å²) in [4.78, 5) is 11.6. The van der Waals surface area contributed by atoms with Gasteiger partial charge in [0.05, 0.1) is 0 Å². The second-order valence-electron chi connectivity index (χ2n) is 3.99. The highest BCUT2D eigenvalue weighted by atomic mass is 16.5. The second kappa shape index (κ2) is 9.15. The average Bonchev–Trinajstić information content (AvgIpc) is 2.44. The molecule has 2 N–H and O–H groups in total. The molecule has 0 radical (unpaired) electrons. The van der Waals surface area contributed by atoms with Crippen molar-refractivity contribution in [3.8, 4) is 11.8 Å². The van der Waals surface area contributed by atoms with Crippen molar-refractivity contribution >= 4 is 5.91 Å². The Labute approximate surface area is 113 Å². The van der Waals surface area contributed by atoms with Crippen LogP contribution in [0.4, 0.5) is 0 Å². The van der Waals surface area contributed by atoms with E-state index in [0.29, 0.717) is 26.0 Å². The van der Waals surface area contributed by atoms with Crippen LogP contribution in [0.1, 0.15) is 24.0 Å². The third-order valence-corrected chi connectivity index (χ3v) is 2.55. The summed E-state index contributed by atoms with van der Waals surface area (Å²) in [7, 11) is 1.62. The van der Waals surface area contributed by atoms with E-state index in [9.17, 15) is 4.79 Å². The van der Waals surface area contributed by atoms with Gasteiger partial charge in [-0.15, -0.1) is 0 Å². The molecule has 1 rings (SSSR count). The molecule has 4 nitrogen and oxygen atoms in total. The summed E-state index contributed by atoms with van der Waals surface area (Å²) in [5, 5.41) is 11.6. The van der Waals surface area contributed by atoms with Crippen molar-refractivity contribution < 1.29 is 14.6 Å². The van der Waals surface area contributed by atoms with Crippen molar-refractivity contribution in [1.29, 1.82) is 0 Å². The Bertz CT molecular complexity index is 460. The molecular formula is C15H19NO3. The molecule has 0 atom stereocenters. The monoisotopic (exact) mass is 261 g/mol. The van der Waals surface area contributed by atoms with Crippen molar-refractivity contribution in [2.24, 2.45) is 0 Å². The third kappa shape index (κ3) is 6.05. The fraction of sp³-hybridized carbons (Fsp3) is 0.400. The minimum atomic E-state index is -0.169. The fourth-order valence-electron chi connectivity index (χ4n) is 1.59. The molecule has 1 aromatic carbocycles. The zero-order valence-electron chi connectivity index (χ0n) is 11.1. The fourth-order valence-corrected chi connectivity index (χ4v) is 1.59. The Morgan fingerprint density at radius 2 is 2.21 bits per heavy atom. The van der Waals surface area contributed by atoms with Crippen LogP contribution in [0.25, 0.3) is 0 Å². The first kappa shape index (κ1) is 15.2. The van der Waals surface area contributed by atoms with Gasteiger partial charge in [0, 0.05) is 32.2 Å². The molecule has 0 unspecified atom stereocenters. The van der Waals surface area contributed by atoms with E-state index in [-0.39, 0.29) is 12.5 Å². The standard InChI is InChI=1S/C15H19NO3/c1-19-11-5-9-15(18)16-12-14-7-3-2-6-13(14)8-4-10-17/h2-3,6-7,17H,5,9-12H2,1H3,(H,16,18). The Hall–Kier alpha value is -1.83. The molecule has 0 aromatic heterocycles. The SMILES string of the molecule is COCCCC(=O)NCc1ccccc1C#CCO. The Balaban J connectivity index is 2.50. The molecule has 19 heavy (non-hydrogen) atoms. The number of carbonyl (C=O) groups excluding carboxylic acids is 1. The topological polar surface area (TPSA) is 58.6 Å². The number of methoxy groups -OCH3 is 1. The lowest BCUT2D eigenvalue weighted by atomic mass is 10.1. The van der Waals surface area contributed by atoms with Crippen LogP contribution in [0, 0.1) is 11.8 Å². The smallest absolute Gasteiger partial charge is 0.220 e. The number of benzene rings is 1. The van der Waals surface area contributed by atoms with Crippen LogP contribution in [-0.4, -0.2) is 31.3 Å². The van der Waals surface area contributed by atoms with Gasteiger partial charge in [0.2, 0.25) is 5.91 Å². The summed E-state index contributed by atoms with van der Waals surface area (Å²) in [6.07, 6.45) is 1.17. The molecule has 0 spiro atoms. The zero-order valence-corrected chi connectivity index (χ0v) is 11.1. The van der Waals surface area contributed by atoms with E-state index in [1.54, 1.807) is 7.11 Å². The Morgan fingerprint density at radius 3 is 2.95 bits per heavy atom. The first-order valence-electron chi connectivity index (χ1n) is 6.21. The lowest BCUT2D eigenvalue weighted by Gasteiger charge is -2.07. The molecule has 0 saturated heterocycles. The van der Waals surface area contributed by atoms with Gasteiger partial charge in [0.15, 0.2) is 0 Å². The van der Waals surface area contributed by atoms with Gasteiger partial charge in [-0.1, -0.05) is 30.0 Å². The highest BCUT2D eigenvalue weighted by molar-refractivity contribution is 5.75. The average molecular weight is 261 g/mol. The van der Waals surface area contributed by atoms with Crippen molar-refractivity contribution in [3.63, 3.8) is 0 Å². The number of amides is 1. The number of hydrogen-bond donors (Lipinski definition) is 2. The van der Waals surface area contributed by atoms with Crippen LogP contribution in [0.2, 0.25) is 0 Å². The molecular weight excluding hydrogens is 242 g/mol. The number of carbonyl (C=O) groups is 1. The molecule has 0 aliphatic carbocycles. The normalized spacial score (nSPS) is 9.58. The molecule has 1 aromatic rings. The molecule has 102 valence electrons. The van der Waals surface area contributed by atoms with Gasteiger partial charge in [-0.25, -0.2) is 0 Å². The Morgan fingerprint density at radius 1 is 1.42 bits per heavy atom. The van der Waals surface area contributed by atoms with E-state index < -0.39 is 0 Å². The highest BCUT2D eigenvalue weighted by Gasteiger charge is 2.03. The molecule has 0 saturated carbocycles. The van der Waals surface area contributed by atoms with E-state index in [2.05, 4.69) is 17.2 Å². The second-order valence-corrected chi connectivity index (χ2v) is 3.99. The molecule has 0 heterocycles. The summed E-state index contributed by atoms with van der Waals surface area (Å²) >= 11 is 0. The predicted molar refractivity (Wildman–Crippen MR) is 73.4 cm³/mol. The molecule has 1 amide bonds. The maximum absolute atomic E-state index is 11.6. The molecule has 0 fully saturated rings. The van der Waals surface area contributed by atoms with Crippen molar-refractivity contribution in [3.05, 3.63) is 35.4 Å². The summed E-state index contributed by atoms with van der Waals surface area (Å²) in [6.45, 7) is 0.867. The van der Waals surface area contributed by atoms with Gasteiger partial charge >= 0.3 is 0 Å². The van der Waals surface area contributed by atoms with E-state index >= 15 is 0 Å². The lowest BCUT2D eigenvalue weighted by molar-refractivity contribution is -0.121. The van der Waals surface area contributed by atoms with E-state index in [1.165, 1.54) is 0 Å². The summed E-state index contributed by atoms with van der Waals surface area (Å²) in [5.41, 5.74) is 1.78. The van der Waals surface area contributed by atoms with Crippen LogP contribution in [0.3, 0.4) is 0 Å². The quantitative estimate of drug-likeness (QED) is 0.595. The van der Waals surface area contributed by atoms with Gasteiger partial charge in [0.1, 0.15) is 6.61 Å². The van der Waals surface area contributed by atoms with Gasteiger partial charge in [-0.05, 0) is 18.1 Å². The van der Waals surface area contributed by atoms with Crippen LogP contribution in [-0.2, 0) is 16.1 Å². The van der Waals surface area contributed by atoms with Crippen molar-refractivity contribution in [2.45, 2.75) is 19.4 Å². The molecule has 0 bridgehead atoms. The van der Waals surface area contributed by atoms with Crippen molar-refractivity contribution in [2.75, 3.05) is 20.3 Å². The van der Waals surface area contributed by atoms with Gasteiger partial charge in [-0.3, -0.25) is 4.79 Å². The number of aliphatic hydroxyl groups excluding tert-OH is 1.